The van der Waals surface area contributed by atoms with Gasteiger partial charge in [-0.25, -0.2) is 0 Å². The predicted octanol–water partition coefficient (Wildman–Crippen LogP) is 2.80. The fourth-order valence-corrected chi connectivity index (χ4v) is 1.43. The third kappa shape index (κ3) is 4.56. The Balaban J connectivity index is 2.79. The van der Waals surface area contributed by atoms with Crippen LogP contribution in [0.4, 0.5) is 8.78 Å². The molecule has 0 atom stereocenters. The standard InChI is InChI=1S/C12H17F2NO2/c1-3-6-15-8-9-7-10(16-2)4-5-11(9)17-12(13)14/h4-5,7,12,15H,3,6,8H2,1-2H3. The van der Waals surface area contributed by atoms with E-state index in [1.807, 2.05) is 6.92 Å². The lowest BCUT2D eigenvalue weighted by atomic mass is 10.2. The molecule has 0 aromatic heterocycles. The maximum Gasteiger partial charge on any atom is 0.387 e. The van der Waals surface area contributed by atoms with E-state index in [1.54, 1.807) is 12.1 Å². The van der Waals surface area contributed by atoms with Gasteiger partial charge in [0.25, 0.3) is 0 Å². The zero-order valence-electron chi connectivity index (χ0n) is 10.0. The van der Waals surface area contributed by atoms with Crippen molar-refractivity contribution < 1.29 is 18.3 Å². The summed E-state index contributed by atoms with van der Waals surface area (Å²) in [6, 6.07) is 4.79. The molecule has 0 aliphatic carbocycles. The Morgan fingerprint density at radius 1 is 1.35 bits per heavy atom. The van der Waals surface area contributed by atoms with Crippen molar-refractivity contribution >= 4 is 0 Å². The average Bonchev–Trinajstić information content (AvgIpc) is 2.30. The molecule has 17 heavy (non-hydrogen) atoms. The highest BCUT2D eigenvalue weighted by Crippen LogP contribution is 2.25. The van der Waals surface area contributed by atoms with Gasteiger partial charge in [0, 0.05) is 12.1 Å². The van der Waals surface area contributed by atoms with Gasteiger partial charge in [-0.3, -0.25) is 0 Å². The summed E-state index contributed by atoms with van der Waals surface area (Å²) in [5, 5.41) is 3.14. The van der Waals surface area contributed by atoms with Crippen molar-refractivity contribution in [2.24, 2.45) is 0 Å². The van der Waals surface area contributed by atoms with Crippen molar-refractivity contribution in [2.45, 2.75) is 26.5 Å². The number of benzene rings is 1. The van der Waals surface area contributed by atoms with Gasteiger partial charge < -0.3 is 14.8 Å². The molecule has 0 saturated heterocycles. The van der Waals surface area contributed by atoms with Crippen LogP contribution in [0.5, 0.6) is 11.5 Å². The molecule has 0 aliphatic rings. The number of methoxy groups -OCH3 is 1. The first-order valence-electron chi connectivity index (χ1n) is 5.49. The molecule has 0 saturated carbocycles. The molecule has 0 unspecified atom stereocenters. The minimum absolute atomic E-state index is 0.185. The van der Waals surface area contributed by atoms with E-state index in [2.05, 4.69) is 10.1 Å². The molecule has 0 fully saturated rings. The minimum Gasteiger partial charge on any atom is -0.497 e. The van der Waals surface area contributed by atoms with E-state index >= 15 is 0 Å². The lowest BCUT2D eigenvalue weighted by molar-refractivity contribution is -0.0505. The van der Waals surface area contributed by atoms with Crippen molar-refractivity contribution in [3.63, 3.8) is 0 Å². The Bertz CT molecular complexity index is 345. The van der Waals surface area contributed by atoms with Crippen LogP contribution in [-0.2, 0) is 6.54 Å². The number of rotatable bonds is 7. The van der Waals surface area contributed by atoms with Crippen LogP contribution in [0.25, 0.3) is 0 Å². The molecular weight excluding hydrogens is 228 g/mol. The molecule has 0 spiro atoms. The summed E-state index contributed by atoms with van der Waals surface area (Å²) in [7, 11) is 1.53. The Kier molecular flexibility index (Phi) is 5.69. The quantitative estimate of drug-likeness (QED) is 0.749. The average molecular weight is 245 g/mol. The van der Waals surface area contributed by atoms with Gasteiger partial charge in [0.15, 0.2) is 0 Å². The van der Waals surface area contributed by atoms with Gasteiger partial charge in [-0.1, -0.05) is 6.92 Å². The van der Waals surface area contributed by atoms with E-state index in [9.17, 15) is 8.78 Å². The molecule has 1 rings (SSSR count). The van der Waals surface area contributed by atoms with Gasteiger partial charge in [-0.2, -0.15) is 8.78 Å². The lowest BCUT2D eigenvalue weighted by Gasteiger charge is -2.12. The highest BCUT2D eigenvalue weighted by atomic mass is 19.3. The van der Waals surface area contributed by atoms with E-state index < -0.39 is 6.61 Å². The number of halogens is 2. The third-order valence-corrected chi connectivity index (χ3v) is 2.23. The first-order chi connectivity index (χ1) is 8.17. The molecule has 5 heteroatoms. The second kappa shape index (κ2) is 7.06. The summed E-state index contributed by atoms with van der Waals surface area (Å²) in [4.78, 5) is 0. The fourth-order valence-electron chi connectivity index (χ4n) is 1.43. The largest absolute Gasteiger partial charge is 0.497 e. The van der Waals surface area contributed by atoms with Crippen LogP contribution in [0.1, 0.15) is 18.9 Å². The molecular formula is C12H17F2NO2. The number of hydrogen-bond acceptors (Lipinski definition) is 3. The second-order valence-corrected chi connectivity index (χ2v) is 3.53. The van der Waals surface area contributed by atoms with Crippen molar-refractivity contribution in [1.29, 1.82) is 0 Å². The fraction of sp³-hybridized carbons (Fsp3) is 0.500. The maximum absolute atomic E-state index is 12.2. The summed E-state index contributed by atoms with van der Waals surface area (Å²) in [6.07, 6.45) is 0.981. The molecule has 1 N–H and O–H groups in total. The van der Waals surface area contributed by atoms with Gasteiger partial charge in [-0.15, -0.1) is 0 Å². The van der Waals surface area contributed by atoms with Crippen LogP contribution in [0, 0.1) is 0 Å². The predicted molar refractivity (Wildman–Crippen MR) is 61.6 cm³/mol. The molecule has 0 heterocycles. The molecule has 3 nitrogen and oxygen atoms in total. The van der Waals surface area contributed by atoms with Crippen LogP contribution in [0.15, 0.2) is 18.2 Å². The highest BCUT2D eigenvalue weighted by Gasteiger charge is 2.10. The van der Waals surface area contributed by atoms with Crippen molar-refractivity contribution in [2.75, 3.05) is 13.7 Å². The van der Waals surface area contributed by atoms with Gasteiger partial charge in [0.2, 0.25) is 0 Å². The van der Waals surface area contributed by atoms with Crippen molar-refractivity contribution in [1.82, 2.24) is 5.32 Å². The van der Waals surface area contributed by atoms with E-state index in [1.165, 1.54) is 13.2 Å². The Hall–Kier alpha value is -1.36. The Labute approximate surface area is 99.7 Å². The van der Waals surface area contributed by atoms with Gasteiger partial charge >= 0.3 is 6.61 Å². The Morgan fingerprint density at radius 3 is 2.71 bits per heavy atom. The van der Waals surface area contributed by atoms with E-state index in [4.69, 9.17) is 4.74 Å². The van der Waals surface area contributed by atoms with E-state index in [0.29, 0.717) is 17.9 Å². The minimum atomic E-state index is -2.81. The summed E-state index contributed by atoms with van der Waals surface area (Å²) in [6.45, 7) is 0.529. The maximum atomic E-state index is 12.2. The molecule has 0 bridgehead atoms. The van der Waals surface area contributed by atoms with E-state index in [-0.39, 0.29) is 5.75 Å². The van der Waals surface area contributed by atoms with Crippen LogP contribution < -0.4 is 14.8 Å². The molecule has 0 radical (unpaired) electrons. The first-order valence-corrected chi connectivity index (χ1v) is 5.49. The summed E-state index contributed by atoms with van der Waals surface area (Å²) >= 11 is 0. The molecule has 0 aliphatic heterocycles. The van der Waals surface area contributed by atoms with Crippen LogP contribution in [0.3, 0.4) is 0 Å². The number of ether oxygens (including phenoxy) is 2. The molecule has 0 amide bonds. The summed E-state index contributed by atoms with van der Waals surface area (Å²) in [5.74, 6) is 0.810. The van der Waals surface area contributed by atoms with Gasteiger partial charge in [-0.05, 0) is 31.2 Å². The van der Waals surface area contributed by atoms with Gasteiger partial charge in [0.05, 0.1) is 7.11 Å². The Morgan fingerprint density at radius 2 is 2.12 bits per heavy atom. The van der Waals surface area contributed by atoms with Crippen LogP contribution in [0.2, 0.25) is 0 Å². The third-order valence-electron chi connectivity index (χ3n) is 2.23. The number of alkyl halides is 2. The summed E-state index contributed by atoms with van der Waals surface area (Å²) < 4.78 is 33.9. The van der Waals surface area contributed by atoms with Crippen LogP contribution >= 0.6 is 0 Å². The molecule has 1 aromatic carbocycles. The zero-order valence-corrected chi connectivity index (χ0v) is 10.0. The summed E-state index contributed by atoms with van der Waals surface area (Å²) in [5.41, 5.74) is 0.665. The SMILES string of the molecule is CCCNCc1cc(OC)ccc1OC(F)F. The lowest BCUT2D eigenvalue weighted by Crippen LogP contribution is -2.15. The second-order valence-electron chi connectivity index (χ2n) is 3.53. The first kappa shape index (κ1) is 13.7. The van der Waals surface area contributed by atoms with Crippen LogP contribution in [-0.4, -0.2) is 20.3 Å². The molecule has 96 valence electrons. The highest BCUT2D eigenvalue weighted by molar-refractivity contribution is 5.40. The topological polar surface area (TPSA) is 30.5 Å². The van der Waals surface area contributed by atoms with E-state index in [0.717, 1.165) is 13.0 Å². The monoisotopic (exact) mass is 245 g/mol. The van der Waals surface area contributed by atoms with Crippen molar-refractivity contribution in [3.05, 3.63) is 23.8 Å². The molecule has 1 aromatic rings. The smallest absolute Gasteiger partial charge is 0.387 e. The van der Waals surface area contributed by atoms with Crippen molar-refractivity contribution in [3.8, 4) is 11.5 Å². The normalized spacial score (nSPS) is 10.6. The zero-order chi connectivity index (χ0) is 12.7. The number of nitrogens with one attached hydrogen (secondary N) is 1. The van der Waals surface area contributed by atoms with Gasteiger partial charge in [0.1, 0.15) is 11.5 Å². The number of hydrogen-bond donors (Lipinski definition) is 1.